The van der Waals surface area contributed by atoms with E-state index in [9.17, 15) is 9.59 Å². The number of aryl methyl sites for hydroxylation is 4. The Bertz CT molecular complexity index is 852. The zero-order valence-corrected chi connectivity index (χ0v) is 15.2. The molecule has 1 aromatic heterocycles. The van der Waals surface area contributed by atoms with Gasteiger partial charge < -0.3 is 0 Å². The zero-order chi connectivity index (χ0) is 18.1. The van der Waals surface area contributed by atoms with Crippen LogP contribution in [-0.2, 0) is 22.4 Å². The molecule has 0 saturated carbocycles. The zero-order valence-electron chi connectivity index (χ0n) is 15.2. The van der Waals surface area contributed by atoms with E-state index in [1.165, 1.54) is 6.08 Å². The van der Waals surface area contributed by atoms with Crippen LogP contribution >= 0.6 is 0 Å². The number of carbonyl (C=O) groups excluding carboxylic acids is 2. The summed E-state index contributed by atoms with van der Waals surface area (Å²) in [4.78, 5) is 29.9. The number of benzene rings is 1. The Labute approximate surface area is 148 Å². The number of hydrogen-bond donors (Lipinski definition) is 0. The van der Waals surface area contributed by atoms with Gasteiger partial charge in [0.2, 0.25) is 0 Å². The van der Waals surface area contributed by atoms with E-state index in [1.807, 2.05) is 51.2 Å². The molecule has 128 valence electrons. The predicted molar refractivity (Wildman–Crippen MR) is 98.8 cm³/mol. The predicted octanol–water partition coefficient (Wildman–Crippen LogP) is 3.97. The number of pyridine rings is 1. The van der Waals surface area contributed by atoms with Gasteiger partial charge in [0.1, 0.15) is 5.92 Å². The fourth-order valence-electron chi connectivity index (χ4n) is 3.66. The van der Waals surface area contributed by atoms with Crippen LogP contribution in [0.15, 0.2) is 42.1 Å². The lowest BCUT2D eigenvalue weighted by Gasteiger charge is -2.16. The van der Waals surface area contributed by atoms with Crippen molar-refractivity contribution in [3.63, 3.8) is 0 Å². The summed E-state index contributed by atoms with van der Waals surface area (Å²) in [6.07, 6.45) is 4.69. The third-order valence-electron chi connectivity index (χ3n) is 4.87. The van der Waals surface area contributed by atoms with E-state index < -0.39 is 5.92 Å². The van der Waals surface area contributed by atoms with Crippen LogP contribution in [0.1, 0.15) is 46.4 Å². The monoisotopic (exact) mass is 333 g/mol. The number of ketones is 2. The van der Waals surface area contributed by atoms with E-state index in [2.05, 4.69) is 11.9 Å². The lowest BCUT2D eigenvalue weighted by atomic mass is 9.85. The average molecular weight is 333 g/mol. The van der Waals surface area contributed by atoms with Crippen LogP contribution in [0.2, 0.25) is 0 Å². The van der Waals surface area contributed by atoms with Crippen molar-refractivity contribution in [1.29, 1.82) is 0 Å². The molecule has 1 aliphatic carbocycles. The fourth-order valence-corrected chi connectivity index (χ4v) is 3.66. The molecule has 0 bridgehead atoms. The molecule has 3 nitrogen and oxygen atoms in total. The van der Waals surface area contributed by atoms with Crippen molar-refractivity contribution < 1.29 is 9.59 Å². The highest BCUT2D eigenvalue weighted by atomic mass is 16.2. The molecular formula is C22H23NO2. The SMILES string of the molecule is CCc1ccc(CC2=CC(=O)C(c3c(C)cc(C)cc3C)C2=O)nc1. The second kappa shape index (κ2) is 6.75. The smallest absolute Gasteiger partial charge is 0.174 e. The van der Waals surface area contributed by atoms with E-state index in [-0.39, 0.29) is 11.6 Å². The minimum absolute atomic E-state index is 0.0820. The van der Waals surface area contributed by atoms with Crippen molar-refractivity contribution in [2.75, 3.05) is 0 Å². The Morgan fingerprint density at radius 1 is 1.04 bits per heavy atom. The Balaban J connectivity index is 1.88. The number of allylic oxidation sites excluding steroid dienone is 2. The Morgan fingerprint density at radius 2 is 1.72 bits per heavy atom. The van der Waals surface area contributed by atoms with Crippen molar-refractivity contribution in [3.8, 4) is 0 Å². The minimum atomic E-state index is -0.689. The van der Waals surface area contributed by atoms with Crippen molar-refractivity contribution in [1.82, 2.24) is 4.98 Å². The number of hydrogen-bond acceptors (Lipinski definition) is 3. The first kappa shape index (κ1) is 17.3. The highest BCUT2D eigenvalue weighted by molar-refractivity contribution is 6.25. The molecule has 0 fully saturated rings. The molecule has 0 spiro atoms. The molecule has 0 N–H and O–H groups in total. The third-order valence-corrected chi connectivity index (χ3v) is 4.87. The molecule has 0 radical (unpaired) electrons. The minimum Gasteiger partial charge on any atom is -0.294 e. The molecule has 0 amide bonds. The van der Waals surface area contributed by atoms with E-state index in [0.29, 0.717) is 12.0 Å². The second-order valence-corrected chi connectivity index (χ2v) is 6.87. The number of Topliss-reactive ketones (excluding diaryl/α,β-unsaturated/α-hetero) is 1. The molecule has 1 atom stereocenters. The van der Waals surface area contributed by atoms with Gasteiger partial charge >= 0.3 is 0 Å². The van der Waals surface area contributed by atoms with Gasteiger partial charge in [-0.05, 0) is 61.6 Å². The van der Waals surface area contributed by atoms with Crippen molar-refractivity contribution in [2.24, 2.45) is 0 Å². The van der Waals surface area contributed by atoms with Crippen molar-refractivity contribution in [2.45, 2.75) is 46.5 Å². The van der Waals surface area contributed by atoms with Gasteiger partial charge in [-0.3, -0.25) is 14.6 Å². The fraction of sp³-hybridized carbons (Fsp3) is 0.318. The van der Waals surface area contributed by atoms with E-state index in [0.717, 1.165) is 39.9 Å². The quantitative estimate of drug-likeness (QED) is 0.795. The second-order valence-electron chi connectivity index (χ2n) is 6.87. The first-order valence-corrected chi connectivity index (χ1v) is 8.71. The van der Waals surface area contributed by atoms with E-state index >= 15 is 0 Å². The normalized spacial score (nSPS) is 17.1. The van der Waals surface area contributed by atoms with Crippen molar-refractivity contribution >= 4 is 11.6 Å². The number of nitrogens with zero attached hydrogens (tertiary/aromatic N) is 1. The third kappa shape index (κ3) is 3.32. The van der Waals surface area contributed by atoms with Gasteiger partial charge in [0.15, 0.2) is 11.6 Å². The summed E-state index contributed by atoms with van der Waals surface area (Å²) in [6.45, 7) is 8.05. The van der Waals surface area contributed by atoms with Gasteiger partial charge in [-0.25, -0.2) is 0 Å². The summed E-state index contributed by atoms with van der Waals surface area (Å²) in [5.41, 5.74) is 6.56. The van der Waals surface area contributed by atoms with Crippen LogP contribution in [0.4, 0.5) is 0 Å². The molecule has 1 aliphatic rings. The number of aromatic nitrogens is 1. The van der Waals surface area contributed by atoms with Gasteiger partial charge in [0, 0.05) is 23.9 Å². The Kier molecular flexibility index (Phi) is 4.67. The van der Waals surface area contributed by atoms with Crippen LogP contribution in [0.3, 0.4) is 0 Å². The van der Waals surface area contributed by atoms with Crippen molar-refractivity contribution in [3.05, 3.63) is 75.6 Å². The summed E-state index contributed by atoms with van der Waals surface area (Å²) in [7, 11) is 0. The molecule has 1 aromatic carbocycles. The summed E-state index contributed by atoms with van der Waals surface area (Å²) >= 11 is 0. The summed E-state index contributed by atoms with van der Waals surface area (Å²) in [5.74, 6) is -0.882. The molecule has 25 heavy (non-hydrogen) atoms. The number of carbonyl (C=O) groups is 2. The maximum Gasteiger partial charge on any atom is 0.174 e. The highest BCUT2D eigenvalue weighted by Gasteiger charge is 2.37. The summed E-state index contributed by atoms with van der Waals surface area (Å²) < 4.78 is 0. The Hall–Kier alpha value is -2.55. The van der Waals surface area contributed by atoms with Crippen LogP contribution in [0.25, 0.3) is 0 Å². The lowest BCUT2D eigenvalue weighted by Crippen LogP contribution is -2.18. The molecule has 2 aromatic rings. The van der Waals surface area contributed by atoms with Gasteiger partial charge in [-0.15, -0.1) is 0 Å². The largest absolute Gasteiger partial charge is 0.294 e. The van der Waals surface area contributed by atoms with Gasteiger partial charge in [0.05, 0.1) is 0 Å². The van der Waals surface area contributed by atoms with Crippen LogP contribution in [-0.4, -0.2) is 16.6 Å². The molecule has 1 unspecified atom stereocenters. The average Bonchev–Trinajstić information content (AvgIpc) is 2.82. The summed E-state index contributed by atoms with van der Waals surface area (Å²) in [6, 6.07) is 8.03. The molecule has 0 saturated heterocycles. The highest BCUT2D eigenvalue weighted by Crippen LogP contribution is 2.34. The lowest BCUT2D eigenvalue weighted by molar-refractivity contribution is -0.122. The van der Waals surface area contributed by atoms with E-state index in [1.54, 1.807) is 0 Å². The molecule has 0 aliphatic heterocycles. The molecular weight excluding hydrogens is 310 g/mol. The standard InChI is InChI=1S/C22H23NO2/c1-5-16-6-7-18(23-12-16)10-17-11-19(24)21(22(17)25)20-14(3)8-13(2)9-15(20)4/h6-9,11-12,21H,5,10H2,1-4H3. The van der Waals surface area contributed by atoms with Gasteiger partial charge in [-0.1, -0.05) is 30.7 Å². The number of rotatable bonds is 4. The first-order valence-electron chi connectivity index (χ1n) is 8.71. The van der Waals surface area contributed by atoms with Gasteiger partial charge in [0.25, 0.3) is 0 Å². The van der Waals surface area contributed by atoms with Crippen LogP contribution < -0.4 is 0 Å². The van der Waals surface area contributed by atoms with E-state index in [4.69, 9.17) is 0 Å². The Morgan fingerprint density at radius 3 is 2.28 bits per heavy atom. The summed E-state index contributed by atoms with van der Waals surface area (Å²) in [5, 5.41) is 0. The molecule has 1 heterocycles. The maximum atomic E-state index is 12.9. The molecule has 3 rings (SSSR count). The molecule has 3 heteroatoms. The van der Waals surface area contributed by atoms with Gasteiger partial charge in [-0.2, -0.15) is 0 Å². The van der Waals surface area contributed by atoms with Crippen LogP contribution in [0.5, 0.6) is 0 Å². The maximum absolute atomic E-state index is 12.9. The first-order chi connectivity index (χ1) is 11.9. The topological polar surface area (TPSA) is 47.0 Å². The van der Waals surface area contributed by atoms with Crippen LogP contribution in [0, 0.1) is 20.8 Å².